The van der Waals surface area contributed by atoms with Crippen molar-refractivity contribution in [1.29, 1.82) is 0 Å². The van der Waals surface area contributed by atoms with E-state index >= 15 is 0 Å². The zero-order chi connectivity index (χ0) is 10.7. The number of hydrogen-bond donors (Lipinski definition) is 1. The zero-order valence-electron chi connectivity index (χ0n) is 9.74. The van der Waals surface area contributed by atoms with E-state index in [1.54, 1.807) is 0 Å². The van der Waals surface area contributed by atoms with Gasteiger partial charge in [0.2, 0.25) is 0 Å². The second kappa shape index (κ2) is 4.79. The van der Waals surface area contributed by atoms with Crippen LogP contribution in [0.1, 0.15) is 31.7 Å². The van der Waals surface area contributed by atoms with Crippen molar-refractivity contribution in [1.82, 2.24) is 15.1 Å². The van der Waals surface area contributed by atoms with E-state index in [-0.39, 0.29) is 0 Å². The van der Waals surface area contributed by atoms with E-state index in [4.69, 9.17) is 0 Å². The second-order valence-corrected chi connectivity index (χ2v) is 4.57. The minimum Gasteiger partial charge on any atom is -0.317 e. The lowest BCUT2D eigenvalue weighted by molar-refractivity contribution is 0.490. The fraction of sp³-hybridized carbons (Fsp3) is 0.750. The molecule has 1 unspecified atom stereocenters. The molecule has 3 heteroatoms. The first kappa shape index (κ1) is 10.7. The van der Waals surface area contributed by atoms with Crippen LogP contribution in [0, 0.1) is 5.92 Å². The first-order valence-electron chi connectivity index (χ1n) is 6.00. The molecular weight excluding hydrogens is 186 g/mol. The summed E-state index contributed by atoms with van der Waals surface area (Å²) in [6, 6.07) is 0.631. The quantitative estimate of drug-likeness (QED) is 0.771. The third-order valence-corrected chi connectivity index (χ3v) is 3.22. The van der Waals surface area contributed by atoms with E-state index in [0.717, 1.165) is 18.9 Å². The van der Waals surface area contributed by atoms with Crippen LogP contribution in [-0.4, -0.2) is 22.9 Å². The van der Waals surface area contributed by atoms with Crippen molar-refractivity contribution in [3.63, 3.8) is 0 Å². The molecule has 1 atom stereocenters. The lowest BCUT2D eigenvalue weighted by atomic mass is 10.0. The van der Waals surface area contributed by atoms with Crippen molar-refractivity contribution in [2.75, 3.05) is 7.05 Å². The average Bonchev–Trinajstić information content (AvgIpc) is 2.95. The third-order valence-electron chi connectivity index (χ3n) is 3.22. The summed E-state index contributed by atoms with van der Waals surface area (Å²) in [6.45, 7) is 3.09. The Balaban J connectivity index is 1.86. The summed E-state index contributed by atoms with van der Waals surface area (Å²) in [4.78, 5) is 0. The maximum atomic E-state index is 4.31. The molecule has 1 N–H and O–H groups in total. The third kappa shape index (κ3) is 3.06. The van der Waals surface area contributed by atoms with Gasteiger partial charge in [-0.05, 0) is 38.3 Å². The lowest BCUT2D eigenvalue weighted by Crippen LogP contribution is -2.27. The molecule has 0 aliphatic heterocycles. The number of aryl methyl sites for hydroxylation is 1. The Kier molecular flexibility index (Phi) is 3.41. The molecule has 1 aliphatic rings. The van der Waals surface area contributed by atoms with Crippen LogP contribution < -0.4 is 5.32 Å². The van der Waals surface area contributed by atoms with Gasteiger partial charge in [0.1, 0.15) is 0 Å². The second-order valence-electron chi connectivity index (χ2n) is 4.57. The molecule has 0 saturated heterocycles. The number of nitrogens with one attached hydrogen (secondary N) is 1. The highest BCUT2D eigenvalue weighted by Gasteiger charge is 2.24. The van der Waals surface area contributed by atoms with E-state index in [0.29, 0.717) is 6.04 Å². The Bertz CT molecular complexity index is 302. The van der Waals surface area contributed by atoms with Crippen LogP contribution in [0.2, 0.25) is 0 Å². The molecule has 1 aromatic rings. The Morgan fingerprint density at radius 2 is 2.40 bits per heavy atom. The lowest BCUT2D eigenvalue weighted by Gasteiger charge is -2.14. The van der Waals surface area contributed by atoms with Gasteiger partial charge < -0.3 is 5.32 Å². The molecule has 0 aromatic carbocycles. The summed E-state index contributed by atoms with van der Waals surface area (Å²) in [5, 5.41) is 7.72. The van der Waals surface area contributed by atoms with Gasteiger partial charge in [0.05, 0.1) is 6.20 Å². The van der Waals surface area contributed by atoms with Gasteiger partial charge in [-0.2, -0.15) is 5.10 Å². The Morgan fingerprint density at radius 3 is 2.93 bits per heavy atom. The molecule has 0 radical (unpaired) electrons. The number of nitrogens with zero attached hydrogens (tertiary/aromatic N) is 2. The van der Waals surface area contributed by atoms with Crippen molar-refractivity contribution in [3.05, 3.63) is 18.0 Å². The normalized spacial score (nSPS) is 18.0. The Morgan fingerprint density at radius 1 is 1.60 bits per heavy atom. The van der Waals surface area contributed by atoms with Crippen LogP contribution in [0.4, 0.5) is 0 Å². The molecule has 1 heterocycles. The fourth-order valence-corrected chi connectivity index (χ4v) is 2.03. The summed E-state index contributed by atoms with van der Waals surface area (Å²) >= 11 is 0. The molecule has 0 amide bonds. The van der Waals surface area contributed by atoms with Crippen LogP contribution in [0.25, 0.3) is 0 Å². The average molecular weight is 207 g/mol. The van der Waals surface area contributed by atoms with Gasteiger partial charge >= 0.3 is 0 Å². The smallest absolute Gasteiger partial charge is 0.0522 e. The maximum Gasteiger partial charge on any atom is 0.0522 e. The van der Waals surface area contributed by atoms with E-state index in [1.807, 2.05) is 10.9 Å². The van der Waals surface area contributed by atoms with E-state index < -0.39 is 0 Å². The van der Waals surface area contributed by atoms with Crippen LogP contribution >= 0.6 is 0 Å². The molecule has 2 rings (SSSR count). The summed E-state index contributed by atoms with van der Waals surface area (Å²) in [7, 11) is 2.07. The standard InChI is InChI=1S/C12H21N3/c1-3-15-9-11(8-14-15)7-12(13-2)6-10-4-5-10/h8-10,12-13H,3-7H2,1-2H3. The monoisotopic (exact) mass is 207 g/mol. The predicted molar refractivity (Wildman–Crippen MR) is 61.8 cm³/mol. The largest absolute Gasteiger partial charge is 0.317 e. The number of aromatic nitrogens is 2. The van der Waals surface area contributed by atoms with Crippen molar-refractivity contribution < 1.29 is 0 Å². The van der Waals surface area contributed by atoms with Gasteiger partial charge in [-0.25, -0.2) is 0 Å². The molecule has 0 bridgehead atoms. The molecule has 1 fully saturated rings. The SMILES string of the molecule is CCn1cc(CC(CC2CC2)NC)cn1. The summed E-state index contributed by atoms with van der Waals surface area (Å²) in [6.07, 6.45) is 9.48. The molecule has 1 aromatic heterocycles. The molecule has 84 valence electrons. The molecule has 1 saturated carbocycles. The van der Waals surface area contributed by atoms with Crippen molar-refractivity contribution >= 4 is 0 Å². The van der Waals surface area contributed by atoms with Gasteiger partial charge in [0.15, 0.2) is 0 Å². The Labute approximate surface area is 91.9 Å². The maximum absolute atomic E-state index is 4.31. The Hall–Kier alpha value is -0.830. The van der Waals surface area contributed by atoms with E-state index in [9.17, 15) is 0 Å². The van der Waals surface area contributed by atoms with Gasteiger partial charge in [-0.3, -0.25) is 4.68 Å². The summed E-state index contributed by atoms with van der Waals surface area (Å²) in [5.74, 6) is 0.990. The molecular formula is C12H21N3. The summed E-state index contributed by atoms with van der Waals surface area (Å²) < 4.78 is 2.00. The predicted octanol–water partition coefficient (Wildman–Crippen LogP) is 1.83. The van der Waals surface area contributed by atoms with Crippen molar-refractivity contribution in [2.45, 2.75) is 45.2 Å². The molecule has 3 nitrogen and oxygen atoms in total. The minimum atomic E-state index is 0.631. The van der Waals surface area contributed by atoms with Gasteiger partial charge in [0, 0.05) is 18.8 Å². The topological polar surface area (TPSA) is 29.9 Å². The van der Waals surface area contributed by atoms with Gasteiger partial charge in [-0.1, -0.05) is 12.8 Å². The van der Waals surface area contributed by atoms with Crippen molar-refractivity contribution in [2.24, 2.45) is 5.92 Å². The molecule has 1 aliphatic carbocycles. The van der Waals surface area contributed by atoms with Gasteiger partial charge in [0.25, 0.3) is 0 Å². The number of hydrogen-bond acceptors (Lipinski definition) is 2. The molecule has 15 heavy (non-hydrogen) atoms. The van der Waals surface area contributed by atoms with Gasteiger partial charge in [-0.15, -0.1) is 0 Å². The van der Waals surface area contributed by atoms with Crippen LogP contribution in [-0.2, 0) is 13.0 Å². The van der Waals surface area contributed by atoms with Crippen molar-refractivity contribution in [3.8, 4) is 0 Å². The zero-order valence-corrected chi connectivity index (χ0v) is 9.74. The highest BCUT2D eigenvalue weighted by molar-refractivity contribution is 5.06. The van der Waals surface area contributed by atoms with Crippen LogP contribution in [0.3, 0.4) is 0 Å². The molecule has 0 spiro atoms. The van der Waals surface area contributed by atoms with Crippen LogP contribution in [0.5, 0.6) is 0 Å². The number of rotatable bonds is 6. The van der Waals surface area contributed by atoms with E-state index in [2.05, 4.69) is 30.6 Å². The number of likely N-dealkylation sites (N-methyl/N-ethyl adjacent to an activating group) is 1. The summed E-state index contributed by atoms with van der Waals surface area (Å²) in [5.41, 5.74) is 1.36. The first-order chi connectivity index (χ1) is 7.31. The first-order valence-corrected chi connectivity index (χ1v) is 6.00. The van der Waals surface area contributed by atoms with E-state index in [1.165, 1.54) is 24.8 Å². The minimum absolute atomic E-state index is 0.631. The fourth-order valence-electron chi connectivity index (χ4n) is 2.03. The van der Waals surface area contributed by atoms with Crippen LogP contribution in [0.15, 0.2) is 12.4 Å². The highest BCUT2D eigenvalue weighted by atomic mass is 15.3. The highest BCUT2D eigenvalue weighted by Crippen LogP contribution is 2.33.